The van der Waals surface area contributed by atoms with Gasteiger partial charge in [0.05, 0.1) is 12.9 Å². The molecule has 0 amide bonds. The maximum absolute atomic E-state index is 10.7. The Morgan fingerprint density at radius 2 is 1.93 bits per heavy atom. The van der Waals surface area contributed by atoms with Crippen LogP contribution in [0, 0.1) is 12.0 Å². The molecule has 5 nitrogen and oxygen atoms in total. The van der Waals surface area contributed by atoms with Crippen molar-refractivity contribution in [3.63, 3.8) is 0 Å². The molecule has 2 N–H and O–H groups in total. The zero-order chi connectivity index (χ0) is 9.74. The third-order valence-corrected chi connectivity index (χ3v) is 3.47. The lowest BCUT2D eigenvalue weighted by atomic mass is 9.40. The molecule has 0 heterocycles. The average molecular weight is 219 g/mol. The normalized spacial score (nSPS) is 38.6. The highest BCUT2D eigenvalue weighted by Gasteiger charge is 2.74. The van der Waals surface area contributed by atoms with Crippen LogP contribution in [0.25, 0.3) is 4.85 Å². The van der Waals surface area contributed by atoms with E-state index in [-0.39, 0.29) is 23.0 Å². The molecule has 3 rings (SSSR count). The first kappa shape index (κ1) is 11.4. The largest absolute Gasteiger partial charge is 0.412 e. The number of nitrogens with zero attached hydrogens (tertiary/aromatic N) is 1. The van der Waals surface area contributed by atoms with E-state index in [0.717, 1.165) is 25.5 Å². The molecule has 0 atom stereocenters. The molecule has 6 heteroatoms. The van der Waals surface area contributed by atoms with Gasteiger partial charge in [0.1, 0.15) is 0 Å². The third kappa shape index (κ3) is 1.63. The van der Waals surface area contributed by atoms with Gasteiger partial charge in [-0.05, 0) is 0 Å². The molecular weight excluding hydrogens is 206 g/mol. The molecule has 0 saturated heterocycles. The third-order valence-electron chi connectivity index (χ3n) is 2.93. The van der Waals surface area contributed by atoms with Crippen LogP contribution in [0.4, 0.5) is 0 Å². The Morgan fingerprint density at radius 3 is 2.29 bits per heavy atom. The molecule has 0 aromatic heterocycles. The number of rotatable bonds is 3. The van der Waals surface area contributed by atoms with E-state index < -0.39 is 10.1 Å². The van der Waals surface area contributed by atoms with Gasteiger partial charge in [-0.15, -0.1) is 0 Å². The first-order valence-corrected chi connectivity index (χ1v) is 5.94. The maximum atomic E-state index is 10.7. The lowest BCUT2D eigenvalue weighted by Crippen LogP contribution is -2.67. The maximum Gasteiger partial charge on any atom is 0.264 e. The SMILES string of the molecule is O.[C-]#[N+]C12CC(COS(C)(=O)=O)(C1)C2. The molecule has 0 aliphatic heterocycles. The highest BCUT2D eigenvalue weighted by molar-refractivity contribution is 7.85. The van der Waals surface area contributed by atoms with Crippen LogP contribution in [0.5, 0.6) is 0 Å². The number of hydrogen-bond donors (Lipinski definition) is 0. The summed E-state index contributed by atoms with van der Waals surface area (Å²) in [5.74, 6) is 0. The minimum Gasteiger partial charge on any atom is -0.412 e. The van der Waals surface area contributed by atoms with E-state index in [1.54, 1.807) is 0 Å². The highest BCUT2D eigenvalue weighted by Crippen LogP contribution is 2.69. The summed E-state index contributed by atoms with van der Waals surface area (Å²) in [5, 5.41) is 0. The van der Waals surface area contributed by atoms with Crippen LogP contribution < -0.4 is 0 Å². The summed E-state index contributed by atoms with van der Waals surface area (Å²) in [6, 6.07) is 0. The van der Waals surface area contributed by atoms with Crippen molar-refractivity contribution in [2.75, 3.05) is 12.9 Å². The van der Waals surface area contributed by atoms with Crippen LogP contribution >= 0.6 is 0 Å². The van der Waals surface area contributed by atoms with Crippen molar-refractivity contribution in [2.24, 2.45) is 5.41 Å². The minimum absolute atomic E-state index is 0. The van der Waals surface area contributed by atoms with Gasteiger partial charge in [0.15, 0.2) is 0 Å². The van der Waals surface area contributed by atoms with Gasteiger partial charge in [0.2, 0.25) is 5.54 Å². The molecule has 14 heavy (non-hydrogen) atoms. The predicted molar refractivity (Wildman–Crippen MR) is 50.0 cm³/mol. The van der Waals surface area contributed by atoms with Crippen molar-refractivity contribution in [3.05, 3.63) is 11.4 Å². The van der Waals surface area contributed by atoms with Gasteiger partial charge in [-0.3, -0.25) is 4.18 Å². The Hall–Kier alpha value is -0.640. The fourth-order valence-electron chi connectivity index (χ4n) is 2.44. The van der Waals surface area contributed by atoms with Crippen LogP contribution in [0.15, 0.2) is 0 Å². The van der Waals surface area contributed by atoms with Crippen molar-refractivity contribution in [3.8, 4) is 0 Å². The molecule has 0 aromatic carbocycles. The van der Waals surface area contributed by atoms with E-state index in [0.29, 0.717) is 0 Å². The summed E-state index contributed by atoms with van der Waals surface area (Å²) in [4.78, 5) is 3.53. The van der Waals surface area contributed by atoms with Gasteiger partial charge in [-0.1, -0.05) is 0 Å². The van der Waals surface area contributed by atoms with Crippen molar-refractivity contribution >= 4 is 10.1 Å². The quantitative estimate of drug-likeness (QED) is 0.494. The lowest BCUT2D eigenvalue weighted by molar-refractivity contribution is -0.130. The Kier molecular flexibility index (Phi) is 2.39. The Labute approximate surface area is 83.3 Å². The van der Waals surface area contributed by atoms with Crippen LogP contribution in [-0.2, 0) is 14.3 Å². The summed E-state index contributed by atoms with van der Waals surface area (Å²) in [5.41, 5.74) is -0.117. The highest BCUT2D eigenvalue weighted by atomic mass is 32.2. The second-order valence-electron chi connectivity index (χ2n) is 4.33. The van der Waals surface area contributed by atoms with Crippen molar-refractivity contribution in [2.45, 2.75) is 24.8 Å². The molecule has 3 aliphatic rings. The van der Waals surface area contributed by atoms with E-state index in [1.807, 2.05) is 0 Å². The zero-order valence-corrected chi connectivity index (χ0v) is 8.73. The molecule has 3 saturated carbocycles. The van der Waals surface area contributed by atoms with Crippen LogP contribution in [0.3, 0.4) is 0 Å². The lowest BCUT2D eigenvalue weighted by Gasteiger charge is -2.61. The van der Waals surface area contributed by atoms with Crippen LogP contribution in [0.1, 0.15) is 19.3 Å². The van der Waals surface area contributed by atoms with Gasteiger partial charge in [-0.2, -0.15) is 8.42 Å². The summed E-state index contributed by atoms with van der Waals surface area (Å²) in [7, 11) is -3.31. The van der Waals surface area contributed by atoms with Gasteiger partial charge in [0.25, 0.3) is 10.1 Å². The van der Waals surface area contributed by atoms with Gasteiger partial charge in [-0.25, -0.2) is 6.57 Å². The Balaban J connectivity index is 0.000000980. The molecular formula is C8H13NO4S. The molecule has 0 spiro atoms. The second kappa shape index (κ2) is 2.92. The van der Waals surface area contributed by atoms with E-state index in [1.165, 1.54) is 0 Å². The predicted octanol–water partition coefficient (Wildman–Crippen LogP) is -0.0201. The van der Waals surface area contributed by atoms with Crippen LogP contribution in [0.2, 0.25) is 0 Å². The minimum atomic E-state index is -3.31. The fraction of sp³-hybridized carbons (Fsp3) is 0.875. The number of hydrogen-bond acceptors (Lipinski definition) is 3. The van der Waals surface area contributed by atoms with Gasteiger partial charge in [0, 0.05) is 24.7 Å². The smallest absolute Gasteiger partial charge is 0.264 e. The standard InChI is InChI=1S/C8H11NO3S.H2O/c1-9-8-3-7(4-8,5-8)6-12-13(2,10)11;/h3-6H2,2H3;1H2. The van der Waals surface area contributed by atoms with E-state index in [2.05, 4.69) is 4.85 Å². The molecule has 80 valence electrons. The second-order valence-corrected chi connectivity index (χ2v) is 5.98. The van der Waals surface area contributed by atoms with Crippen molar-refractivity contribution < 1.29 is 18.1 Å². The van der Waals surface area contributed by atoms with Crippen LogP contribution in [-0.4, -0.2) is 32.3 Å². The van der Waals surface area contributed by atoms with Crippen molar-refractivity contribution in [1.82, 2.24) is 0 Å². The van der Waals surface area contributed by atoms with Gasteiger partial charge >= 0.3 is 0 Å². The Bertz CT molecular complexity index is 361. The van der Waals surface area contributed by atoms with E-state index in [4.69, 9.17) is 10.8 Å². The van der Waals surface area contributed by atoms with E-state index >= 15 is 0 Å². The zero-order valence-electron chi connectivity index (χ0n) is 7.91. The molecule has 0 radical (unpaired) electrons. The first-order chi connectivity index (χ1) is 5.89. The van der Waals surface area contributed by atoms with E-state index in [9.17, 15) is 8.42 Å². The topological polar surface area (TPSA) is 79.2 Å². The molecule has 0 unspecified atom stereocenters. The first-order valence-electron chi connectivity index (χ1n) is 4.12. The molecule has 3 aliphatic carbocycles. The Morgan fingerprint density at radius 1 is 1.43 bits per heavy atom. The molecule has 0 aromatic rings. The molecule has 3 fully saturated rings. The summed E-state index contributed by atoms with van der Waals surface area (Å²) in [6.07, 6.45) is 3.51. The van der Waals surface area contributed by atoms with Gasteiger partial charge < -0.3 is 10.3 Å². The van der Waals surface area contributed by atoms with Crippen molar-refractivity contribution in [1.29, 1.82) is 0 Å². The fourth-order valence-corrected chi connectivity index (χ4v) is 2.91. The summed E-state index contributed by atoms with van der Waals surface area (Å²) < 4.78 is 26.1. The molecule has 2 bridgehead atoms. The monoisotopic (exact) mass is 219 g/mol. The summed E-state index contributed by atoms with van der Waals surface area (Å²) in [6.45, 7) is 7.17. The summed E-state index contributed by atoms with van der Waals surface area (Å²) >= 11 is 0. The average Bonchev–Trinajstić information content (AvgIpc) is 1.79.